The van der Waals surface area contributed by atoms with Crippen LogP contribution in [0.4, 0.5) is 10.5 Å². The molecule has 0 spiro atoms. The number of aryl methyl sites for hydroxylation is 1. The average Bonchev–Trinajstić information content (AvgIpc) is 2.71. The molecule has 0 aromatic heterocycles. The lowest BCUT2D eigenvalue weighted by molar-refractivity contribution is 0.0493. The largest absolute Gasteiger partial charge is 0.481 e. The van der Waals surface area contributed by atoms with Crippen LogP contribution in [0.5, 0.6) is 5.75 Å². The first kappa shape index (κ1) is 21.2. The highest BCUT2D eigenvalue weighted by Gasteiger charge is 2.32. The Morgan fingerprint density at radius 2 is 2.03 bits per heavy atom. The number of aliphatic imine (C=N–C) groups is 1. The molecule has 6 nitrogen and oxygen atoms in total. The van der Waals surface area contributed by atoms with E-state index >= 15 is 0 Å². The van der Waals surface area contributed by atoms with E-state index in [1.807, 2.05) is 45.9 Å². The molecular weight excluding hydrogens is 390 g/mol. The van der Waals surface area contributed by atoms with Crippen LogP contribution in [-0.4, -0.2) is 23.6 Å². The van der Waals surface area contributed by atoms with Crippen LogP contribution < -0.4 is 15.8 Å². The van der Waals surface area contributed by atoms with Gasteiger partial charge in [-0.05, 0) is 75.8 Å². The highest BCUT2D eigenvalue weighted by Crippen LogP contribution is 2.43. The van der Waals surface area contributed by atoms with Crippen molar-refractivity contribution < 1.29 is 14.3 Å². The van der Waals surface area contributed by atoms with Crippen molar-refractivity contribution in [2.45, 2.75) is 70.6 Å². The third kappa shape index (κ3) is 4.68. The van der Waals surface area contributed by atoms with Gasteiger partial charge in [0.25, 0.3) is 0 Å². The topological polar surface area (TPSA) is 85.9 Å². The lowest BCUT2D eigenvalue weighted by Crippen LogP contribution is -2.38. The van der Waals surface area contributed by atoms with Gasteiger partial charge in [0, 0.05) is 5.92 Å². The molecule has 2 aromatic rings. The standard InChI is InChI=1S/C25H31N3O3/c1-15-23(26)27-20-14-17(12-13-21(20)30-15)22(28-24(29)31-25(2,3)4)19-11-7-9-16-8-5-6-10-18(16)19/h5-6,8,10,12-15,19,22H,7,9,11H2,1-4H3,(H2,26,27)(H,28,29). The molecule has 1 aliphatic carbocycles. The van der Waals surface area contributed by atoms with Gasteiger partial charge < -0.3 is 20.5 Å². The number of alkyl carbamates (subject to hydrolysis) is 1. The van der Waals surface area contributed by atoms with E-state index in [-0.39, 0.29) is 18.1 Å². The van der Waals surface area contributed by atoms with Crippen LogP contribution in [0.1, 0.15) is 69.2 Å². The Bertz CT molecular complexity index is 1010. The summed E-state index contributed by atoms with van der Waals surface area (Å²) in [5.74, 6) is 1.29. The number of rotatable bonds is 3. The predicted octanol–water partition coefficient (Wildman–Crippen LogP) is 5.14. The molecule has 0 radical (unpaired) electrons. The van der Waals surface area contributed by atoms with Gasteiger partial charge in [-0.25, -0.2) is 9.79 Å². The van der Waals surface area contributed by atoms with E-state index in [1.54, 1.807) is 0 Å². The number of fused-ring (bicyclic) bond motifs is 2. The Morgan fingerprint density at radius 3 is 2.81 bits per heavy atom. The molecule has 1 aliphatic heterocycles. The van der Waals surface area contributed by atoms with Crippen molar-refractivity contribution >= 4 is 17.6 Å². The van der Waals surface area contributed by atoms with Gasteiger partial charge in [-0.15, -0.1) is 0 Å². The molecule has 6 heteroatoms. The summed E-state index contributed by atoms with van der Waals surface area (Å²) in [4.78, 5) is 17.3. The van der Waals surface area contributed by atoms with Crippen molar-refractivity contribution in [2.75, 3.05) is 0 Å². The first-order valence-electron chi connectivity index (χ1n) is 10.9. The summed E-state index contributed by atoms with van der Waals surface area (Å²) in [6.45, 7) is 7.48. The number of nitrogens with one attached hydrogen (secondary N) is 1. The Balaban J connectivity index is 1.72. The Labute approximate surface area is 183 Å². The van der Waals surface area contributed by atoms with Crippen LogP contribution in [0, 0.1) is 0 Å². The Hall–Kier alpha value is -3.02. The van der Waals surface area contributed by atoms with Gasteiger partial charge in [0.05, 0.1) is 6.04 Å². The molecule has 1 heterocycles. The maximum atomic E-state index is 12.8. The van der Waals surface area contributed by atoms with Gasteiger partial charge in [0.15, 0.2) is 6.10 Å². The lowest BCUT2D eigenvalue weighted by Gasteiger charge is -2.34. The molecule has 2 aliphatic rings. The number of carbonyl (C=O) groups is 1. The molecule has 1 amide bonds. The molecule has 0 saturated heterocycles. The minimum atomic E-state index is -0.572. The summed E-state index contributed by atoms with van der Waals surface area (Å²) in [7, 11) is 0. The van der Waals surface area contributed by atoms with E-state index in [9.17, 15) is 4.79 Å². The summed E-state index contributed by atoms with van der Waals surface area (Å²) in [5.41, 5.74) is 9.70. The highest BCUT2D eigenvalue weighted by molar-refractivity contribution is 5.89. The SMILES string of the molecule is CC1Oc2ccc(C(NC(=O)OC(C)(C)C)C3CCCc4ccccc43)cc2N=C1N. The zero-order chi connectivity index (χ0) is 22.2. The summed E-state index contributed by atoms with van der Waals surface area (Å²) >= 11 is 0. The summed E-state index contributed by atoms with van der Waals surface area (Å²) in [6.07, 6.45) is 2.44. The maximum Gasteiger partial charge on any atom is 0.408 e. The molecule has 0 bridgehead atoms. The molecule has 3 N–H and O–H groups in total. The van der Waals surface area contributed by atoms with E-state index in [4.69, 9.17) is 15.2 Å². The fraction of sp³-hybridized carbons (Fsp3) is 0.440. The Kier molecular flexibility index (Phi) is 5.65. The van der Waals surface area contributed by atoms with E-state index < -0.39 is 11.7 Å². The zero-order valence-electron chi connectivity index (χ0n) is 18.6. The maximum absolute atomic E-state index is 12.8. The number of hydrogen-bond donors (Lipinski definition) is 2. The molecular formula is C25H31N3O3. The highest BCUT2D eigenvalue weighted by atomic mass is 16.6. The van der Waals surface area contributed by atoms with Crippen LogP contribution in [0.2, 0.25) is 0 Å². The van der Waals surface area contributed by atoms with Crippen molar-refractivity contribution in [3.63, 3.8) is 0 Å². The van der Waals surface area contributed by atoms with Crippen LogP contribution in [0.25, 0.3) is 0 Å². The third-order valence-corrected chi connectivity index (χ3v) is 5.80. The second-order valence-corrected chi connectivity index (χ2v) is 9.35. The van der Waals surface area contributed by atoms with Crippen LogP contribution in [0.15, 0.2) is 47.5 Å². The zero-order valence-corrected chi connectivity index (χ0v) is 18.6. The second-order valence-electron chi connectivity index (χ2n) is 9.35. The fourth-order valence-corrected chi connectivity index (χ4v) is 4.38. The van der Waals surface area contributed by atoms with Crippen molar-refractivity contribution in [2.24, 2.45) is 10.7 Å². The summed E-state index contributed by atoms with van der Waals surface area (Å²) < 4.78 is 11.4. The summed E-state index contributed by atoms with van der Waals surface area (Å²) in [5, 5.41) is 3.15. The predicted molar refractivity (Wildman–Crippen MR) is 122 cm³/mol. The monoisotopic (exact) mass is 421 g/mol. The van der Waals surface area contributed by atoms with Crippen molar-refractivity contribution in [3.8, 4) is 5.75 Å². The van der Waals surface area contributed by atoms with Crippen molar-refractivity contribution in [1.29, 1.82) is 0 Å². The first-order valence-corrected chi connectivity index (χ1v) is 10.9. The molecule has 3 atom stereocenters. The number of ether oxygens (including phenoxy) is 2. The number of benzene rings is 2. The number of carbonyl (C=O) groups excluding carboxylic acids is 1. The van der Waals surface area contributed by atoms with Gasteiger partial charge in [0.2, 0.25) is 0 Å². The minimum absolute atomic E-state index is 0.139. The van der Waals surface area contributed by atoms with Gasteiger partial charge in [0.1, 0.15) is 22.9 Å². The molecule has 164 valence electrons. The third-order valence-electron chi connectivity index (χ3n) is 5.80. The molecule has 0 saturated carbocycles. The van der Waals surface area contributed by atoms with E-state index in [0.29, 0.717) is 17.3 Å². The van der Waals surface area contributed by atoms with E-state index in [2.05, 4.69) is 34.6 Å². The molecule has 4 rings (SSSR count). The second kappa shape index (κ2) is 8.25. The quantitative estimate of drug-likeness (QED) is 0.718. The van der Waals surface area contributed by atoms with Gasteiger partial charge in [-0.3, -0.25) is 0 Å². The molecule has 31 heavy (non-hydrogen) atoms. The van der Waals surface area contributed by atoms with E-state index in [1.165, 1.54) is 11.1 Å². The van der Waals surface area contributed by atoms with Crippen molar-refractivity contribution in [3.05, 3.63) is 59.2 Å². The van der Waals surface area contributed by atoms with Crippen LogP contribution >= 0.6 is 0 Å². The minimum Gasteiger partial charge on any atom is -0.481 e. The van der Waals surface area contributed by atoms with Crippen molar-refractivity contribution in [1.82, 2.24) is 5.32 Å². The van der Waals surface area contributed by atoms with Crippen LogP contribution in [0.3, 0.4) is 0 Å². The molecule has 2 aromatic carbocycles. The van der Waals surface area contributed by atoms with Gasteiger partial charge >= 0.3 is 6.09 Å². The number of amides is 1. The number of nitrogens with two attached hydrogens (primary N) is 1. The fourth-order valence-electron chi connectivity index (χ4n) is 4.38. The number of nitrogens with zero attached hydrogens (tertiary/aromatic N) is 1. The smallest absolute Gasteiger partial charge is 0.408 e. The number of amidine groups is 1. The van der Waals surface area contributed by atoms with E-state index in [0.717, 1.165) is 24.8 Å². The normalized spacial score (nSPS) is 21.1. The molecule has 0 fully saturated rings. The van der Waals surface area contributed by atoms with Gasteiger partial charge in [-0.1, -0.05) is 30.3 Å². The average molecular weight is 422 g/mol. The molecule has 3 unspecified atom stereocenters. The van der Waals surface area contributed by atoms with Gasteiger partial charge in [-0.2, -0.15) is 0 Å². The number of hydrogen-bond acceptors (Lipinski definition) is 5. The Morgan fingerprint density at radius 1 is 1.26 bits per heavy atom. The lowest BCUT2D eigenvalue weighted by atomic mass is 9.76. The first-order chi connectivity index (χ1) is 14.7. The van der Waals surface area contributed by atoms with Crippen LogP contribution in [-0.2, 0) is 11.2 Å². The summed E-state index contributed by atoms with van der Waals surface area (Å²) in [6, 6.07) is 14.1.